The molecule has 12 aromatic carbocycles. The van der Waals surface area contributed by atoms with Crippen molar-refractivity contribution in [3.05, 3.63) is 273 Å². The topological polar surface area (TPSA) is 39.3 Å². The minimum Gasteiger partial charge on any atom is -0.356 e. The molecular weight excluding hydrogens is 849 g/mol. The van der Waals surface area contributed by atoms with Crippen LogP contribution in [0.5, 0.6) is 0 Å². The van der Waals surface area contributed by atoms with Crippen LogP contribution in [0.3, 0.4) is 0 Å². The highest BCUT2D eigenvalue weighted by atomic mass is 15.1. The maximum atomic E-state index is 3.62. The highest BCUT2D eigenvalue weighted by Crippen LogP contribution is 2.38. The van der Waals surface area contributed by atoms with Crippen molar-refractivity contribution in [1.29, 1.82) is 0 Å². The molecule has 332 valence electrons. The lowest BCUT2D eigenvalue weighted by atomic mass is 10.0. The molecule has 0 bridgehead atoms. The summed E-state index contributed by atoms with van der Waals surface area (Å²) in [6, 6.07) is 97.4. The minimum atomic E-state index is 1.01. The molecule has 0 heterocycles. The Morgan fingerprint density at radius 2 is 0.400 bits per heavy atom. The average Bonchev–Trinajstić information content (AvgIpc) is 3.42. The van der Waals surface area contributed by atoms with Crippen LogP contribution in [0.4, 0.5) is 51.2 Å². The Kier molecular flexibility index (Phi) is 11.2. The van der Waals surface area contributed by atoms with Gasteiger partial charge in [-0.05, 0) is 193 Å². The predicted molar refractivity (Wildman–Crippen MR) is 299 cm³/mol. The molecule has 0 saturated carbocycles. The molecule has 4 heteroatoms. The highest BCUT2D eigenvalue weighted by Gasteiger charge is 2.14. The zero-order chi connectivity index (χ0) is 46.6. The van der Waals surface area contributed by atoms with Gasteiger partial charge in [0.2, 0.25) is 0 Å². The molecule has 0 amide bonds. The molecule has 70 heavy (non-hydrogen) atoms. The predicted octanol–water partition coefficient (Wildman–Crippen LogP) is 18.8. The summed E-state index contributed by atoms with van der Waals surface area (Å²) in [6.45, 7) is 0. The number of nitrogens with zero attached hydrogens (tertiary/aromatic N) is 1. The zero-order valence-corrected chi connectivity index (χ0v) is 38.4. The summed E-state index contributed by atoms with van der Waals surface area (Å²) >= 11 is 0. The Hall–Kier alpha value is -9.38. The Morgan fingerprint density at radius 3 is 0.657 bits per heavy atom. The lowest BCUT2D eigenvalue weighted by molar-refractivity contribution is 1.28. The molecule has 0 atom stereocenters. The van der Waals surface area contributed by atoms with E-state index < -0.39 is 0 Å². The van der Waals surface area contributed by atoms with Gasteiger partial charge < -0.3 is 20.9 Å². The van der Waals surface area contributed by atoms with Crippen molar-refractivity contribution in [2.45, 2.75) is 0 Å². The lowest BCUT2D eigenvalue weighted by Crippen LogP contribution is -2.10. The Labute approximate surface area is 408 Å². The van der Waals surface area contributed by atoms with Crippen molar-refractivity contribution in [3.8, 4) is 33.4 Å². The van der Waals surface area contributed by atoms with Gasteiger partial charge in [-0.2, -0.15) is 0 Å². The number of hydrogen-bond donors (Lipinski definition) is 3. The third kappa shape index (κ3) is 9.05. The molecular formula is C66H48N4. The van der Waals surface area contributed by atoms with Crippen LogP contribution in [0.15, 0.2) is 273 Å². The molecule has 0 spiro atoms. The summed E-state index contributed by atoms with van der Waals surface area (Å²) in [5.74, 6) is 0. The molecule has 0 aromatic heterocycles. The van der Waals surface area contributed by atoms with Gasteiger partial charge in [-0.1, -0.05) is 146 Å². The molecule has 12 aromatic rings. The second-order valence-electron chi connectivity index (χ2n) is 17.8. The van der Waals surface area contributed by atoms with Crippen LogP contribution in [0.25, 0.3) is 65.7 Å². The van der Waals surface area contributed by atoms with Crippen LogP contribution in [-0.2, 0) is 0 Å². The maximum Gasteiger partial charge on any atom is 0.0463 e. The molecule has 3 N–H and O–H groups in total. The Bertz CT molecular complexity index is 3350. The molecule has 0 radical (unpaired) electrons. The molecule has 12 rings (SSSR count). The van der Waals surface area contributed by atoms with Gasteiger partial charge in [0, 0.05) is 51.2 Å². The number of hydrogen-bond acceptors (Lipinski definition) is 4. The first-order valence-electron chi connectivity index (χ1n) is 23.8. The fourth-order valence-electron chi connectivity index (χ4n) is 9.37. The van der Waals surface area contributed by atoms with Gasteiger partial charge in [0.1, 0.15) is 0 Å². The van der Waals surface area contributed by atoms with Crippen molar-refractivity contribution in [1.82, 2.24) is 0 Å². The number of benzene rings is 12. The smallest absolute Gasteiger partial charge is 0.0463 e. The average molecular weight is 897 g/mol. The van der Waals surface area contributed by atoms with Crippen molar-refractivity contribution < 1.29 is 0 Å². The first-order valence-corrected chi connectivity index (χ1v) is 23.8. The quantitative estimate of drug-likeness (QED) is 0.114. The van der Waals surface area contributed by atoms with E-state index in [4.69, 9.17) is 0 Å². The Balaban J connectivity index is 0.777. The van der Waals surface area contributed by atoms with E-state index in [9.17, 15) is 0 Å². The van der Waals surface area contributed by atoms with Gasteiger partial charge in [-0.3, -0.25) is 0 Å². The third-order valence-corrected chi connectivity index (χ3v) is 13.1. The van der Waals surface area contributed by atoms with E-state index in [1.54, 1.807) is 0 Å². The van der Waals surface area contributed by atoms with Crippen LogP contribution >= 0.6 is 0 Å². The van der Waals surface area contributed by atoms with Crippen LogP contribution in [0, 0.1) is 0 Å². The van der Waals surface area contributed by atoms with E-state index in [1.807, 2.05) is 0 Å². The summed E-state index contributed by atoms with van der Waals surface area (Å²) in [5, 5.41) is 18.4. The van der Waals surface area contributed by atoms with E-state index >= 15 is 0 Å². The molecule has 0 aliphatic heterocycles. The third-order valence-electron chi connectivity index (χ3n) is 13.1. The fraction of sp³-hybridized carbons (Fsp3) is 0. The normalized spacial score (nSPS) is 11.1. The van der Waals surface area contributed by atoms with Crippen molar-refractivity contribution >= 4 is 83.5 Å². The number of fused-ring (bicyclic) bond motifs is 3. The van der Waals surface area contributed by atoms with Crippen LogP contribution in [0.1, 0.15) is 0 Å². The van der Waals surface area contributed by atoms with Gasteiger partial charge >= 0.3 is 0 Å². The summed E-state index contributed by atoms with van der Waals surface area (Å²) < 4.78 is 0. The highest BCUT2D eigenvalue weighted by molar-refractivity contribution is 5.90. The summed E-state index contributed by atoms with van der Waals surface area (Å²) in [6.07, 6.45) is 0. The first kappa shape index (κ1) is 42.0. The van der Waals surface area contributed by atoms with E-state index in [2.05, 4.69) is 294 Å². The second-order valence-corrected chi connectivity index (χ2v) is 17.8. The van der Waals surface area contributed by atoms with E-state index in [1.165, 1.54) is 65.7 Å². The number of anilines is 9. The molecule has 0 saturated heterocycles. The van der Waals surface area contributed by atoms with Crippen LogP contribution < -0.4 is 20.9 Å². The summed E-state index contributed by atoms with van der Waals surface area (Å²) in [5.41, 5.74) is 16.5. The minimum absolute atomic E-state index is 1.01. The molecule has 0 unspecified atom stereocenters. The van der Waals surface area contributed by atoms with Gasteiger partial charge in [0.25, 0.3) is 0 Å². The van der Waals surface area contributed by atoms with Gasteiger partial charge in [-0.15, -0.1) is 0 Å². The van der Waals surface area contributed by atoms with Crippen LogP contribution in [-0.4, -0.2) is 0 Å². The van der Waals surface area contributed by atoms with E-state index in [0.29, 0.717) is 0 Å². The largest absolute Gasteiger partial charge is 0.356 e. The first-order chi connectivity index (χ1) is 34.6. The number of rotatable bonds is 12. The SMILES string of the molecule is c1ccc2cc(-c3ccc(Nc4ccc(N(c5ccc(Nc6ccc(-c7ccc8ccccc8c7)cc6)cc5)c5ccc(Nc6ccc(-c7ccc8ccccc8c7)cc6)cc5)cc4)cc3)ccc2c1. The summed E-state index contributed by atoms with van der Waals surface area (Å²) in [7, 11) is 0. The monoisotopic (exact) mass is 896 g/mol. The standard InChI is InChI=1S/C66H48N4/c1-4-10-52-43-55(16-13-46(52)7-1)49-19-25-58(26-20-49)67-61-31-37-64(38-32-61)70(65-39-33-62(34-40-65)68-59-27-21-50(22-28-59)56-17-14-47-8-2-5-11-53(47)44-56)66-41-35-63(36-42-66)69-60-29-23-51(24-30-60)57-18-15-48-9-3-6-12-54(48)45-57/h1-45,67-69H. The lowest BCUT2D eigenvalue weighted by Gasteiger charge is -2.26. The van der Waals surface area contributed by atoms with E-state index in [-0.39, 0.29) is 0 Å². The van der Waals surface area contributed by atoms with Gasteiger partial charge in [0.05, 0.1) is 0 Å². The zero-order valence-electron chi connectivity index (χ0n) is 38.4. The van der Waals surface area contributed by atoms with Crippen molar-refractivity contribution in [3.63, 3.8) is 0 Å². The van der Waals surface area contributed by atoms with Gasteiger partial charge in [-0.25, -0.2) is 0 Å². The number of nitrogens with one attached hydrogen (secondary N) is 3. The fourth-order valence-corrected chi connectivity index (χ4v) is 9.37. The van der Waals surface area contributed by atoms with E-state index in [0.717, 1.165) is 51.2 Å². The molecule has 0 fully saturated rings. The Morgan fingerprint density at radius 1 is 0.186 bits per heavy atom. The van der Waals surface area contributed by atoms with Crippen molar-refractivity contribution in [2.24, 2.45) is 0 Å². The molecule has 0 aliphatic rings. The van der Waals surface area contributed by atoms with Crippen molar-refractivity contribution in [2.75, 3.05) is 20.9 Å². The maximum absolute atomic E-state index is 3.62. The second kappa shape index (κ2) is 18.7. The summed E-state index contributed by atoms with van der Waals surface area (Å²) in [4.78, 5) is 2.30. The van der Waals surface area contributed by atoms with Gasteiger partial charge in [0.15, 0.2) is 0 Å². The van der Waals surface area contributed by atoms with Crippen LogP contribution in [0.2, 0.25) is 0 Å². The molecule has 4 nitrogen and oxygen atoms in total. The molecule has 0 aliphatic carbocycles.